The molecule has 0 radical (unpaired) electrons. The van der Waals surface area contributed by atoms with Gasteiger partial charge < -0.3 is 15.7 Å². The first-order valence-corrected chi connectivity index (χ1v) is 6.18. The van der Waals surface area contributed by atoms with Gasteiger partial charge in [0.05, 0.1) is 6.54 Å². The van der Waals surface area contributed by atoms with Crippen LogP contribution in [0.5, 0.6) is 0 Å². The predicted octanol–water partition coefficient (Wildman–Crippen LogP) is 1.58. The molecule has 18 heavy (non-hydrogen) atoms. The quantitative estimate of drug-likeness (QED) is 0.562. The number of rotatable bonds is 5. The predicted molar refractivity (Wildman–Crippen MR) is 63.9 cm³/mol. The van der Waals surface area contributed by atoms with E-state index < -0.39 is 18.8 Å². The molecule has 1 aromatic rings. The number of halogens is 3. The van der Waals surface area contributed by atoms with Crippen LogP contribution < -0.4 is 10.6 Å². The fourth-order valence-corrected chi connectivity index (χ4v) is 1.43. The molecule has 102 valence electrons. The van der Waals surface area contributed by atoms with Crippen molar-refractivity contribution in [2.45, 2.75) is 17.4 Å². The summed E-state index contributed by atoms with van der Waals surface area (Å²) >= 11 is 1.27. The Morgan fingerprint density at radius 1 is 1.39 bits per heavy atom. The standard InChI is InChI=1S/C9H13F3N4OS/c1-13-6-3-7(16-8(15-6)18-2)14-4-5(17)9(10,11)12/h3,5,17H,4H2,1-2H3,(H2,13,14,15,16). The minimum absolute atomic E-state index is 0.224. The number of aromatic nitrogens is 2. The van der Waals surface area contributed by atoms with E-state index in [9.17, 15) is 13.2 Å². The zero-order valence-electron chi connectivity index (χ0n) is 9.75. The number of aliphatic hydroxyl groups is 1. The number of alkyl halides is 3. The normalized spacial score (nSPS) is 13.2. The van der Waals surface area contributed by atoms with E-state index in [0.29, 0.717) is 11.0 Å². The molecule has 1 unspecified atom stereocenters. The topological polar surface area (TPSA) is 70.1 Å². The molecule has 0 saturated heterocycles. The van der Waals surface area contributed by atoms with Gasteiger partial charge in [-0.05, 0) is 6.26 Å². The van der Waals surface area contributed by atoms with Crippen LogP contribution >= 0.6 is 11.8 Å². The van der Waals surface area contributed by atoms with Crippen molar-refractivity contribution < 1.29 is 18.3 Å². The molecule has 0 aliphatic rings. The molecule has 0 spiro atoms. The van der Waals surface area contributed by atoms with Gasteiger partial charge in [-0.15, -0.1) is 0 Å². The monoisotopic (exact) mass is 282 g/mol. The Kier molecular flexibility index (Phi) is 5.03. The molecule has 5 nitrogen and oxygen atoms in total. The van der Waals surface area contributed by atoms with Crippen LogP contribution in [0.4, 0.5) is 24.8 Å². The fourth-order valence-electron chi connectivity index (χ4n) is 1.05. The second-order valence-electron chi connectivity index (χ2n) is 3.31. The van der Waals surface area contributed by atoms with Gasteiger partial charge in [0.15, 0.2) is 11.3 Å². The van der Waals surface area contributed by atoms with E-state index in [4.69, 9.17) is 5.11 Å². The minimum atomic E-state index is -4.64. The van der Waals surface area contributed by atoms with Gasteiger partial charge in [-0.25, -0.2) is 9.97 Å². The third-order valence-electron chi connectivity index (χ3n) is 2.00. The van der Waals surface area contributed by atoms with Crippen LogP contribution in [-0.2, 0) is 0 Å². The summed E-state index contributed by atoms with van der Waals surface area (Å²) in [6.45, 7) is -0.655. The molecule has 9 heteroatoms. The molecule has 0 aliphatic heterocycles. The highest BCUT2D eigenvalue weighted by Gasteiger charge is 2.37. The lowest BCUT2D eigenvalue weighted by atomic mass is 10.3. The van der Waals surface area contributed by atoms with E-state index in [1.54, 1.807) is 13.3 Å². The lowest BCUT2D eigenvalue weighted by molar-refractivity contribution is -0.198. The van der Waals surface area contributed by atoms with Gasteiger partial charge >= 0.3 is 6.18 Å². The van der Waals surface area contributed by atoms with Gasteiger partial charge in [-0.1, -0.05) is 11.8 Å². The fraction of sp³-hybridized carbons (Fsp3) is 0.556. The number of anilines is 2. The summed E-state index contributed by atoms with van der Waals surface area (Å²) < 4.78 is 36.3. The summed E-state index contributed by atoms with van der Waals surface area (Å²) in [7, 11) is 1.64. The largest absolute Gasteiger partial charge is 0.416 e. The highest BCUT2D eigenvalue weighted by atomic mass is 32.2. The molecule has 1 aromatic heterocycles. The summed E-state index contributed by atoms with van der Waals surface area (Å²) in [5.41, 5.74) is 0. The first-order chi connectivity index (χ1) is 8.36. The van der Waals surface area contributed by atoms with E-state index in [0.717, 1.165) is 0 Å². The summed E-state index contributed by atoms with van der Waals surface area (Å²) in [5, 5.41) is 14.5. The van der Waals surface area contributed by atoms with E-state index in [1.807, 2.05) is 0 Å². The molecule has 0 aromatic carbocycles. The zero-order valence-corrected chi connectivity index (χ0v) is 10.6. The molecule has 0 fully saturated rings. The molecule has 1 rings (SSSR count). The van der Waals surface area contributed by atoms with Crippen LogP contribution in [0.25, 0.3) is 0 Å². The van der Waals surface area contributed by atoms with Crippen molar-refractivity contribution in [2.75, 3.05) is 30.5 Å². The van der Waals surface area contributed by atoms with Crippen molar-refractivity contribution in [3.05, 3.63) is 6.07 Å². The van der Waals surface area contributed by atoms with Crippen molar-refractivity contribution in [1.29, 1.82) is 0 Å². The van der Waals surface area contributed by atoms with Crippen LogP contribution in [0.1, 0.15) is 0 Å². The van der Waals surface area contributed by atoms with Crippen LogP contribution in [-0.4, -0.2) is 47.2 Å². The van der Waals surface area contributed by atoms with Crippen molar-refractivity contribution >= 4 is 23.4 Å². The second kappa shape index (κ2) is 6.10. The molecule has 3 N–H and O–H groups in total. The molecular weight excluding hydrogens is 269 g/mol. The highest BCUT2D eigenvalue weighted by Crippen LogP contribution is 2.21. The van der Waals surface area contributed by atoms with Gasteiger partial charge in [0.25, 0.3) is 0 Å². The number of hydrogen-bond acceptors (Lipinski definition) is 6. The maximum Gasteiger partial charge on any atom is 0.416 e. The number of aliphatic hydroxyl groups excluding tert-OH is 1. The summed E-state index contributed by atoms with van der Waals surface area (Å²) in [5.74, 6) is 0.709. The molecule has 0 amide bonds. The Hall–Kier alpha value is -1.22. The molecule has 1 atom stereocenters. The van der Waals surface area contributed by atoms with Crippen molar-refractivity contribution in [3.63, 3.8) is 0 Å². The number of hydrogen-bond donors (Lipinski definition) is 3. The summed E-state index contributed by atoms with van der Waals surface area (Å²) in [6.07, 6.45) is -5.32. The van der Waals surface area contributed by atoms with Gasteiger partial charge in [-0.3, -0.25) is 0 Å². The summed E-state index contributed by atoms with van der Waals surface area (Å²) in [4.78, 5) is 8.04. The smallest absolute Gasteiger partial charge is 0.382 e. The average Bonchev–Trinajstić information content (AvgIpc) is 2.34. The minimum Gasteiger partial charge on any atom is -0.382 e. The Bertz CT molecular complexity index is 380. The first kappa shape index (κ1) is 14.8. The van der Waals surface area contributed by atoms with Crippen molar-refractivity contribution in [3.8, 4) is 0 Å². The Labute approximate surface area is 106 Å². The molecule has 1 heterocycles. The average molecular weight is 282 g/mol. The van der Waals surface area contributed by atoms with Crippen LogP contribution in [0.15, 0.2) is 11.2 Å². The lowest BCUT2D eigenvalue weighted by Gasteiger charge is -2.15. The Morgan fingerprint density at radius 2 is 2.00 bits per heavy atom. The SMILES string of the molecule is CNc1cc(NCC(O)C(F)(F)F)nc(SC)n1. The van der Waals surface area contributed by atoms with E-state index in [-0.39, 0.29) is 5.82 Å². The van der Waals surface area contributed by atoms with E-state index >= 15 is 0 Å². The third-order valence-corrected chi connectivity index (χ3v) is 2.55. The van der Waals surface area contributed by atoms with Gasteiger partial charge in [-0.2, -0.15) is 13.2 Å². The number of nitrogens with one attached hydrogen (secondary N) is 2. The molecule has 0 bridgehead atoms. The zero-order chi connectivity index (χ0) is 13.8. The maximum absolute atomic E-state index is 12.1. The molecule has 0 aliphatic carbocycles. The Balaban J connectivity index is 2.72. The number of thioether (sulfide) groups is 1. The van der Waals surface area contributed by atoms with Crippen molar-refractivity contribution in [2.24, 2.45) is 0 Å². The van der Waals surface area contributed by atoms with E-state index in [2.05, 4.69) is 20.6 Å². The van der Waals surface area contributed by atoms with Gasteiger partial charge in [0.1, 0.15) is 11.6 Å². The maximum atomic E-state index is 12.1. The summed E-state index contributed by atoms with van der Waals surface area (Å²) in [6, 6.07) is 1.46. The van der Waals surface area contributed by atoms with Crippen LogP contribution in [0, 0.1) is 0 Å². The van der Waals surface area contributed by atoms with Gasteiger partial charge in [0, 0.05) is 13.1 Å². The molecule has 0 saturated carbocycles. The van der Waals surface area contributed by atoms with E-state index in [1.165, 1.54) is 17.8 Å². The van der Waals surface area contributed by atoms with Crippen LogP contribution in [0.3, 0.4) is 0 Å². The van der Waals surface area contributed by atoms with Crippen LogP contribution in [0.2, 0.25) is 0 Å². The first-order valence-electron chi connectivity index (χ1n) is 4.96. The number of nitrogens with zero attached hydrogens (tertiary/aromatic N) is 2. The molecular formula is C9H13F3N4OS. The highest BCUT2D eigenvalue weighted by molar-refractivity contribution is 7.98. The Morgan fingerprint density at radius 3 is 2.50 bits per heavy atom. The second-order valence-corrected chi connectivity index (χ2v) is 4.09. The lowest BCUT2D eigenvalue weighted by Crippen LogP contribution is -2.35. The van der Waals surface area contributed by atoms with Crippen molar-refractivity contribution in [1.82, 2.24) is 9.97 Å². The van der Waals surface area contributed by atoms with Gasteiger partial charge in [0.2, 0.25) is 0 Å². The third kappa shape index (κ3) is 4.22.